The monoisotopic (exact) mass is 327 g/mol. The summed E-state index contributed by atoms with van der Waals surface area (Å²) < 4.78 is 0. The molecule has 1 atom stereocenters. The summed E-state index contributed by atoms with van der Waals surface area (Å²) in [4.78, 5) is 25.4. The number of amides is 2. The standard InChI is InChI=1S/C16H25N3O2.ClH/c1-11(2)16(21)19(4)10-13-5-7-14(8-6-13)15(20)18-12(3)9-17;/h5-8,11-12H,9-10,17H2,1-4H3,(H,18,20);1H/t12-;/m0./s1. The molecule has 3 N–H and O–H groups in total. The van der Waals surface area contributed by atoms with E-state index in [0.717, 1.165) is 5.56 Å². The molecule has 0 aromatic heterocycles. The maximum absolute atomic E-state index is 11.9. The molecule has 6 heteroatoms. The molecule has 0 fully saturated rings. The molecule has 1 rings (SSSR count). The summed E-state index contributed by atoms with van der Waals surface area (Å²) >= 11 is 0. The van der Waals surface area contributed by atoms with E-state index < -0.39 is 0 Å². The first-order valence-electron chi connectivity index (χ1n) is 7.20. The molecule has 1 aromatic rings. The highest BCUT2D eigenvalue weighted by atomic mass is 35.5. The van der Waals surface area contributed by atoms with Crippen LogP contribution in [0.15, 0.2) is 24.3 Å². The molecule has 0 radical (unpaired) electrons. The smallest absolute Gasteiger partial charge is 0.251 e. The highest BCUT2D eigenvalue weighted by Gasteiger charge is 2.13. The van der Waals surface area contributed by atoms with Crippen LogP contribution in [0.1, 0.15) is 36.7 Å². The fourth-order valence-corrected chi connectivity index (χ4v) is 1.92. The number of halogens is 1. The molecule has 0 saturated heterocycles. The molecule has 22 heavy (non-hydrogen) atoms. The van der Waals surface area contributed by atoms with Crippen LogP contribution < -0.4 is 11.1 Å². The van der Waals surface area contributed by atoms with Crippen LogP contribution in [0.2, 0.25) is 0 Å². The lowest BCUT2D eigenvalue weighted by Gasteiger charge is -2.19. The van der Waals surface area contributed by atoms with E-state index in [1.807, 2.05) is 32.9 Å². The Labute approximate surface area is 138 Å². The second kappa shape index (κ2) is 9.43. The van der Waals surface area contributed by atoms with Gasteiger partial charge in [0.1, 0.15) is 0 Å². The molecule has 1 aromatic carbocycles. The third-order valence-corrected chi connectivity index (χ3v) is 3.24. The Hall–Kier alpha value is -1.59. The quantitative estimate of drug-likeness (QED) is 0.836. The number of carbonyl (C=O) groups excluding carboxylic acids is 2. The zero-order valence-corrected chi connectivity index (χ0v) is 14.4. The maximum atomic E-state index is 11.9. The number of hydrogen-bond donors (Lipinski definition) is 2. The SMILES string of the molecule is CC(C)C(=O)N(C)Cc1ccc(C(=O)N[C@@H](C)CN)cc1.Cl. The van der Waals surface area contributed by atoms with Crippen LogP contribution in [-0.4, -0.2) is 36.3 Å². The van der Waals surface area contributed by atoms with Crippen molar-refractivity contribution in [3.8, 4) is 0 Å². The number of nitrogens with zero attached hydrogens (tertiary/aromatic N) is 1. The topological polar surface area (TPSA) is 75.4 Å². The molecule has 5 nitrogen and oxygen atoms in total. The molecule has 0 aliphatic rings. The van der Waals surface area contributed by atoms with E-state index in [4.69, 9.17) is 5.73 Å². The van der Waals surface area contributed by atoms with Gasteiger partial charge in [0, 0.05) is 37.7 Å². The van der Waals surface area contributed by atoms with Gasteiger partial charge in [-0.3, -0.25) is 9.59 Å². The Balaban J connectivity index is 0.00000441. The van der Waals surface area contributed by atoms with Crippen molar-refractivity contribution in [2.75, 3.05) is 13.6 Å². The van der Waals surface area contributed by atoms with Gasteiger partial charge in [0.25, 0.3) is 5.91 Å². The van der Waals surface area contributed by atoms with Gasteiger partial charge in [-0.15, -0.1) is 12.4 Å². The van der Waals surface area contributed by atoms with Gasteiger partial charge in [0.15, 0.2) is 0 Å². The summed E-state index contributed by atoms with van der Waals surface area (Å²) in [6.45, 7) is 6.57. The van der Waals surface area contributed by atoms with Crippen molar-refractivity contribution in [1.29, 1.82) is 0 Å². The summed E-state index contributed by atoms with van der Waals surface area (Å²) in [5.74, 6) is -0.0440. The third kappa shape index (κ3) is 6.03. The van der Waals surface area contributed by atoms with Gasteiger partial charge in [-0.2, -0.15) is 0 Å². The number of hydrogen-bond acceptors (Lipinski definition) is 3. The zero-order chi connectivity index (χ0) is 16.0. The molecule has 0 heterocycles. The summed E-state index contributed by atoms with van der Waals surface area (Å²) in [7, 11) is 1.78. The zero-order valence-electron chi connectivity index (χ0n) is 13.6. The number of rotatable bonds is 6. The van der Waals surface area contributed by atoms with E-state index in [0.29, 0.717) is 18.7 Å². The Morgan fingerprint density at radius 1 is 1.18 bits per heavy atom. The van der Waals surface area contributed by atoms with Gasteiger partial charge in [-0.1, -0.05) is 26.0 Å². The van der Waals surface area contributed by atoms with Crippen LogP contribution in [0.5, 0.6) is 0 Å². The summed E-state index contributed by atoms with van der Waals surface area (Å²) in [5.41, 5.74) is 7.07. The molecular weight excluding hydrogens is 302 g/mol. The predicted molar refractivity (Wildman–Crippen MR) is 91.0 cm³/mol. The lowest BCUT2D eigenvalue weighted by atomic mass is 10.1. The third-order valence-electron chi connectivity index (χ3n) is 3.24. The fraction of sp³-hybridized carbons (Fsp3) is 0.500. The van der Waals surface area contributed by atoms with E-state index in [1.54, 1.807) is 24.1 Å². The first kappa shape index (κ1) is 20.4. The van der Waals surface area contributed by atoms with E-state index in [2.05, 4.69) is 5.32 Å². The average Bonchev–Trinajstić information content (AvgIpc) is 2.46. The van der Waals surface area contributed by atoms with Crippen molar-refractivity contribution < 1.29 is 9.59 Å². The molecule has 0 aliphatic heterocycles. The van der Waals surface area contributed by atoms with Crippen molar-refractivity contribution >= 4 is 24.2 Å². The van der Waals surface area contributed by atoms with Crippen LogP contribution in [0.3, 0.4) is 0 Å². The van der Waals surface area contributed by atoms with Crippen molar-refractivity contribution in [3.05, 3.63) is 35.4 Å². The van der Waals surface area contributed by atoms with E-state index in [9.17, 15) is 9.59 Å². The first-order valence-corrected chi connectivity index (χ1v) is 7.20. The van der Waals surface area contributed by atoms with Crippen LogP contribution in [0.4, 0.5) is 0 Å². The Kier molecular flexibility index (Phi) is 8.75. The number of carbonyl (C=O) groups is 2. The van der Waals surface area contributed by atoms with Crippen LogP contribution in [0, 0.1) is 5.92 Å². The molecule has 0 unspecified atom stereocenters. The highest BCUT2D eigenvalue weighted by molar-refractivity contribution is 5.94. The number of nitrogens with two attached hydrogens (primary N) is 1. The van der Waals surface area contributed by atoms with Gasteiger partial charge in [-0.05, 0) is 24.6 Å². The predicted octanol–water partition coefficient (Wildman–Crippen LogP) is 1.80. The minimum Gasteiger partial charge on any atom is -0.348 e. The maximum Gasteiger partial charge on any atom is 0.251 e. The van der Waals surface area contributed by atoms with Gasteiger partial charge in [0.05, 0.1) is 0 Å². The largest absolute Gasteiger partial charge is 0.348 e. The first-order chi connectivity index (χ1) is 9.85. The molecule has 0 saturated carbocycles. The molecule has 0 bridgehead atoms. The van der Waals surface area contributed by atoms with Gasteiger partial charge >= 0.3 is 0 Å². The highest BCUT2D eigenvalue weighted by Crippen LogP contribution is 2.09. The van der Waals surface area contributed by atoms with Crippen LogP contribution in [0.25, 0.3) is 0 Å². The van der Waals surface area contributed by atoms with E-state index in [-0.39, 0.29) is 36.2 Å². The number of benzene rings is 1. The Morgan fingerprint density at radius 3 is 2.18 bits per heavy atom. The van der Waals surface area contributed by atoms with Crippen LogP contribution in [-0.2, 0) is 11.3 Å². The average molecular weight is 328 g/mol. The normalized spacial score (nSPS) is 11.5. The molecule has 2 amide bonds. The minimum absolute atomic E-state index is 0. The van der Waals surface area contributed by atoms with Crippen molar-refractivity contribution in [3.63, 3.8) is 0 Å². The molecular formula is C16H26ClN3O2. The second-order valence-electron chi connectivity index (χ2n) is 5.66. The Morgan fingerprint density at radius 2 is 1.73 bits per heavy atom. The van der Waals surface area contributed by atoms with E-state index in [1.165, 1.54) is 0 Å². The minimum atomic E-state index is -0.133. The van der Waals surface area contributed by atoms with Crippen molar-refractivity contribution in [1.82, 2.24) is 10.2 Å². The van der Waals surface area contributed by atoms with E-state index >= 15 is 0 Å². The molecule has 124 valence electrons. The molecule has 0 spiro atoms. The van der Waals surface area contributed by atoms with Gasteiger partial charge in [0.2, 0.25) is 5.91 Å². The van der Waals surface area contributed by atoms with Gasteiger partial charge < -0.3 is 16.0 Å². The fourth-order valence-electron chi connectivity index (χ4n) is 1.92. The lowest BCUT2D eigenvalue weighted by molar-refractivity contribution is -0.133. The number of nitrogens with one attached hydrogen (secondary N) is 1. The lowest BCUT2D eigenvalue weighted by Crippen LogP contribution is -2.37. The van der Waals surface area contributed by atoms with Gasteiger partial charge in [-0.25, -0.2) is 0 Å². The molecule has 0 aliphatic carbocycles. The summed E-state index contributed by atoms with van der Waals surface area (Å²) in [6.07, 6.45) is 0. The second-order valence-corrected chi connectivity index (χ2v) is 5.66. The van der Waals surface area contributed by atoms with Crippen molar-refractivity contribution in [2.45, 2.75) is 33.4 Å². The van der Waals surface area contributed by atoms with Crippen LogP contribution >= 0.6 is 12.4 Å². The summed E-state index contributed by atoms with van der Waals surface area (Å²) in [6, 6.07) is 7.22. The van der Waals surface area contributed by atoms with Crippen molar-refractivity contribution in [2.24, 2.45) is 11.7 Å². The summed E-state index contributed by atoms with van der Waals surface area (Å²) in [5, 5.41) is 2.81. The Bertz CT molecular complexity index is 489.